The summed E-state index contributed by atoms with van der Waals surface area (Å²) in [4.78, 5) is 15.4. The first-order valence-electron chi connectivity index (χ1n) is 10.3. The van der Waals surface area contributed by atoms with Crippen molar-refractivity contribution in [1.29, 1.82) is 0 Å². The number of ether oxygens (including phenoxy) is 3. The van der Waals surface area contributed by atoms with Crippen LogP contribution in [0.3, 0.4) is 0 Å². The number of hydrogen-bond donors (Lipinski definition) is 2. The molecule has 0 aliphatic carbocycles. The second-order valence-electron chi connectivity index (χ2n) is 7.38. The van der Waals surface area contributed by atoms with Gasteiger partial charge < -0.3 is 33.4 Å². The minimum atomic E-state index is -0.530. The number of morpholine rings is 1. The van der Waals surface area contributed by atoms with Crippen LogP contribution in [0.5, 0.6) is 23.1 Å². The van der Waals surface area contributed by atoms with Gasteiger partial charge in [-0.05, 0) is 30.3 Å². The van der Waals surface area contributed by atoms with Crippen LogP contribution in [0.15, 0.2) is 41.0 Å². The summed E-state index contributed by atoms with van der Waals surface area (Å²) in [5.41, 5.74) is 0.914. The van der Waals surface area contributed by atoms with Crippen molar-refractivity contribution in [1.82, 2.24) is 9.47 Å². The Hall–Kier alpha value is -3.43. The van der Waals surface area contributed by atoms with E-state index in [1.54, 1.807) is 28.8 Å². The molecule has 0 radical (unpaired) electrons. The van der Waals surface area contributed by atoms with Crippen molar-refractivity contribution in [2.24, 2.45) is 0 Å². The molecule has 0 unspecified atom stereocenters. The zero-order valence-electron chi connectivity index (χ0n) is 18.0. The third kappa shape index (κ3) is 4.04. The first kappa shape index (κ1) is 21.8. The Balaban J connectivity index is 1.82. The van der Waals surface area contributed by atoms with Gasteiger partial charge in [0.25, 0.3) is 0 Å². The molecule has 1 aromatic carbocycles. The lowest BCUT2D eigenvalue weighted by Gasteiger charge is -2.27. The van der Waals surface area contributed by atoms with Gasteiger partial charge in [0.1, 0.15) is 0 Å². The van der Waals surface area contributed by atoms with Crippen LogP contribution in [0.1, 0.15) is 16.1 Å². The molecule has 170 valence electrons. The van der Waals surface area contributed by atoms with Crippen molar-refractivity contribution in [3.8, 4) is 34.4 Å². The number of benzene rings is 1. The number of methoxy groups -OCH3 is 2. The third-order valence-corrected chi connectivity index (χ3v) is 5.58. The highest BCUT2D eigenvalue weighted by Crippen LogP contribution is 2.43. The fraction of sp³-hybridized carbons (Fsp3) is 0.348. The van der Waals surface area contributed by atoms with Gasteiger partial charge in [-0.25, -0.2) is 0 Å². The molecule has 0 amide bonds. The number of ketones is 1. The summed E-state index contributed by atoms with van der Waals surface area (Å²) in [5.74, 6) is -0.350. The fourth-order valence-corrected chi connectivity index (χ4v) is 3.91. The number of nitrogens with zero attached hydrogens (tertiary/aromatic N) is 2. The summed E-state index contributed by atoms with van der Waals surface area (Å²) < 4.78 is 22.9. The van der Waals surface area contributed by atoms with Gasteiger partial charge in [0.15, 0.2) is 23.0 Å². The van der Waals surface area contributed by atoms with Gasteiger partial charge in [0.2, 0.25) is 11.7 Å². The molecule has 2 aromatic heterocycles. The molecule has 1 saturated heterocycles. The minimum absolute atomic E-state index is 0.0355. The topological polar surface area (TPSA) is 107 Å². The number of hydrogen-bond acceptors (Lipinski definition) is 8. The number of rotatable bonds is 8. The molecule has 0 bridgehead atoms. The summed E-state index contributed by atoms with van der Waals surface area (Å²) in [6.45, 7) is 3.81. The maximum Gasteiger partial charge on any atom is 0.235 e. The summed E-state index contributed by atoms with van der Waals surface area (Å²) in [5, 5.41) is 21.6. The van der Waals surface area contributed by atoms with Gasteiger partial charge in [-0.2, -0.15) is 0 Å². The van der Waals surface area contributed by atoms with Crippen LogP contribution in [0.4, 0.5) is 0 Å². The average Bonchev–Trinajstić information content (AvgIpc) is 3.45. The maximum atomic E-state index is 13.2. The van der Waals surface area contributed by atoms with Crippen molar-refractivity contribution >= 4 is 5.78 Å². The maximum absolute atomic E-state index is 13.2. The monoisotopic (exact) mass is 442 g/mol. The Morgan fingerprint density at radius 3 is 2.47 bits per heavy atom. The Kier molecular flexibility index (Phi) is 6.38. The molecule has 2 N–H and O–H groups in total. The lowest BCUT2D eigenvalue weighted by atomic mass is 10.0. The zero-order valence-corrected chi connectivity index (χ0v) is 18.0. The van der Waals surface area contributed by atoms with E-state index in [-0.39, 0.29) is 17.2 Å². The van der Waals surface area contributed by atoms with E-state index in [0.717, 1.165) is 13.1 Å². The Morgan fingerprint density at radius 2 is 1.81 bits per heavy atom. The average molecular weight is 442 g/mol. The summed E-state index contributed by atoms with van der Waals surface area (Å²) >= 11 is 0. The van der Waals surface area contributed by atoms with E-state index in [0.29, 0.717) is 49.1 Å². The van der Waals surface area contributed by atoms with E-state index in [9.17, 15) is 15.0 Å². The van der Waals surface area contributed by atoms with Gasteiger partial charge in [-0.1, -0.05) is 0 Å². The molecule has 3 heterocycles. The van der Waals surface area contributed by atoms with Gasteiger partial charge in [-0.3, -0.25) is 9.69 Å². The van der Waals surface area contributed by atoms with Gasteiger partial charge >= 0.3 is 0 Å². The smallest absolute Gasteiger partial charge is 0.235 e. The molecule has 4 rings (SSSR count). The van der Waals surface area contributed by atoms with Crippen LogP contribution in [0, 0.1) is 0 Å². The Bertz CT molecular complexity index is 1080. The quantitative estimate of drug-likeness (QED) is 0.513. The molecule has 0 spiro atoms. The van der Waals surface area contributed by atoms with Crippen molar-refractivity contribution in [3.05, 3.63) is 47.9 Å². The second kappa shape index (κ2) is 9.37. The molecular formula is C23H26N2O7. The van der Waals surface area contributed by atoms with Gasteiger partial charge in [0, 0.05) is 31.7 Å². The van der Waals surface area contributed by atoms with Crippen molar-refractivity contribution in [2.75, 3.05) is 47.1 Å². The van der Waals surface area contributed by atoms with Crippen molar-refractivity contribution < 1.29 is 33.6 Å². The lowest BCUT2D eigenvalue weighted by Crippen LogP contribution is -2.38. The molecule has 9 nitrogen and oxygen atoms in total. The molecule has 0 saturated carbocycles. The minimum Gasteiger partial charge on any atom is -0.503 e. The predicted molar refractivity (Wildman–Crippen MR) is 116 cm³/mol. The first-order chi connectivity index (χ1) is 15.5. The SMILES string of the molecule is COc1ccc(-c2c(C(=O)c3ccco3)c(O)c(O)n2CCN2CCOCC2)cc1OC. The zero-order chi connectivity index (χ0) is 22.7. The molecule has 3 aromatic rings. The summed E-state index contributed by atoms with van der Waals surface area (Å²) in [6.07, 6.45) is 1.38. The molecule has 1 fully saturated rings. The van der Waals surface area contributed by atoms with Gasteiger partial charge in [0.05, 0.1) is 45.0 Å². The normalized spacial score (nSPS) is 14.4. The number of carbonyl (C=O) groups excluding carboxylic acids is 1. The number of aromatic hydroxyl groups is 2. The molecule has 32 heavy (non-hydrogen) atoms. The largest absolute Gasteiger partial charge is 0.503 e. The van der Waals surface area contributed by atoms with Crippen LogP contribution in [-0.2, 0) is 11.3 Å². The standard InChI is InChI=1S/C23H26N2O7/c1-29-16-6-5-15(14-18(16)30-2)20-19(21(26)17-4-3-11-32-17)22(27)23(28)25(20)8-7-24-9-12-31-13-10-24/h3-6,11,14,27-28H,7-10,12-13H2,1-2H3. The van der Waals surface area contributed by atoms with E-state index in [2.05, 4.69) is 4.90 Å². The van der Waals surface area contributed by atoms with E-state index >= 15 is 0 Å². The van der Waals surface area contributed by atoms with Crippen LogP contribution >= 0.6 is 0 Å². The number of aromatic nitrogens is 1. The van der Waals surface area contributed by atoms with E-state index in [1.807, 2.05) is 0 Å². The second-order valence-corrected chi connectivity index (χ2v) is 7.38. The molecular weight excluding hydrogens is 416 g/mol. The highest BCUT2D eigenvalue weighted by molar-refractivity contribution is 6.13. The molecule has 1 aliphatic rings. The van der Waals surface area contributed by atoms with Crippen LogP contribution in [0.25, 0.3) is 11.3 Å². The first-order valence-corrected chi connectivity index (χ1v) is 10.3. The number of carbonyl (C=O) groups is 1. The summed E-state index contributed by atoms with van der Waals surface area (Å²) in [6, 6.07) is 8.28. The van der Waals surface area contributed by atoms with Crippen molar-refractivity contribution in [2.45, 2.75) is 6.54 Å². The van der Waals surface area contributed by atoms with Crippen LogP contribution < -0.4 is 9.47 Å². The predicted octanol–water partition coefficient (Wildman–Crippen LogP) is 2.74. The Morgan fingerprint density at radius 1 is 1.06 bits per heavy atom. The fourth-order valence-electron chi connectivity index (χ4n) is 3.91. The van der Waals surface area contributed by atoms with Crippen LogP contribution in [-0.4, -0.2) is 72.5 Å². The summed E-state index contributed by atoms with van der Waals surface area (Å²) in [7, 11) is 3.05. The molecule has 0 atom stereocenters. The van der Waals surface area contributed by atoms with Gasteiger partial charge in [-0.15, -0.1) is 0 Å². The molecule has 9 heteroatoms. The van der Waals surface area contributed by atoms with E-state index in [1.165, 1.54) is 26.5 Å². The van der Waals surface area contributed by atoms with Crippen LogP contribution in [0.2, 0.25) is 0 Å². The third-order valence-electron chi connectivity index (χ3n) is 5.58. The highest BCUT2D eigenvalue weighted by atomic mass is 16.5. The molecule has 1 aliphatic heterocycles. The highest BCUT2D eigenvalue weighted by Gasteiger charge is 2.31. The van der Waals surface area contributed by atoms with E-state index < -0.39 is 11.5 Å². The lowest BCUT2D eigenvalue weighted by molar-refractivity contribution is 0.0362. The van der Waals surface area contributed by atoms with E-state index in [4.69, 9.17) is 18.6 Å². The van der Waals surface area contributed by atoms with Crippen molar-refractivity contribution in [3.63, 3.8) is 0 Å². The Labute approximate surface area is 185 Å². The number of furan rings is 1.